The highest BCUT2D eigenvalue weighted by Crippen LogP contribution is 2.18. The molecule has 0 aromatic heterocycles. The van der Waals surface area contributed by atoms with Crippen LogP contribution in [0.3, 0.4) is 0 Å². The summed E-state index contributed by atoms with van der Waals surface area (Å²) in [4.78, 5) is 0. The number of hydrogen-bond acceptors (Lipinski definition) is 0. The smallest absolute Gasteiger partial charge is 0.00258 e. The lowest BCUT2D eigenvalue weighted by Crippen LogP contribution is -1.85. The van der Waals surface area contributed by atoms with Crippen molar-refractivity contribution in [3.63, 3.8) is 0 Å². The third-order valence-corrected chi connectivity index (χ3v) is 11.7. The Hall–Kier alpha value is -5.46. The van der Waals surface area contributed by atoms with E-state index in [9.17, 15) is 0 Å². The summed E-state index contributed by atoms with van der Waals surface area (Å²) in [6.07, 6.45) is 38.8. The predicted molar refractivity (Wildman–Crippen MR) is 518 cm³/mol. The molecule has 7 aromatic carbocycles. The number of allylic oxidation sites excluding steroid dienone is 1. The van der Waals surface area contributed by atoms with Crippen molar-refractivity contribution in [3.8, 4) is 0 Å². The molecule has 7 aromatic rings. The van der Waals surface area contributed by atoms with Gasteiger partial charge in [-0.15, -0.1) is 0 Å². The summed E-state index contributed by atoms with van der Waals surface area (Å²) in [6.45, 7) is 65.8. The van der Waals surface area contributed by atoms with E-state index in [0.717, 1.165) is 25.7 Å². The van der Waals surface area contributed by atoms with Gasteiger partial charge in [0, 0.05) is 0 Å². The number of hydrogen-bond donors (Lipinski definition) is 0. The average Bonchev–Trinajstić information content (AvgIpc) is 1.20. The highest BCUT2D eigenvalue weighted by molar-refractivity contribution is 5.82. The van der Waals surface area contributed by atoms with Crippen LogP contribution >= 0.6 is 0 Å². The number of rotatable bonds is 4. The molecular weight excluding hydrogens is 1260 g/mol. The van der Waals surface area contributed by atoms with Gasteiger partial charge in [0.1, 0.15) is 0 Å². The van der Waals surface area contributed by atoms with Crippen molar-refractivity contribution in [2.75, 3.05) is 0 Å². The first-order valence-electron chi connectivity index (χ1n) is 42.1. The Bertz CT molecular complexity index is 2000. The van der Waals surface area contributed by atoms with Gasteiger partial charge in [-0.2, -0.15) is 0 Å². The van der Waals surface area contributed by atoms with Gasteiger partial charge in [0.15, 0.2) is 0 Å². The zero-order valence-electron chi connectivity index (χ0n) is 73.3. The van der Waals surface area contributed by atoms with Gasteiger partial charge < -0.3 is 0 Å². The molecule has 0 heteroatoms. The summed E-state index contributed by atoms with van der Waals surface area (Å²) in [5.41, 5.74) is 8.40. The van der Waals surface area contributed by atoms with Gasteiger partial charge in [0.2, 0.25) is 0 Å². The standard InChI is InChI=1S/C13H12.C10H8.C9H8.2C8H10.3C5H10.6C3H8.9C2H6.6CH4/c1-3-7-12(8-4-1)11-13-9-5-2-6-10-13;1-2-6-10-8-4-3-7-9(10)5-1;1-2-5-9-7-3-6-8(9)4-1;2*1-2-8-6-4-3-5-7-8;3*1-2-4-5-3-1;6*1-3-2;9*1-2;;;;;;/h1-10H,11H2;1-8H;1-6H,7H2;2*3-7H,2H2,1H3;3*1-5H2;6*3H2,1-2H3;9*1-2H3;6*1H4. The van der Waals surface area contributed by atoms with E-state index >= 15 is 0 Å². The van der Waals surface area contributed by atoms with Crippen molar-refractivity contribution in [1.29, 1.82) is 0 Å². The molecule has 0 saturated heterocycles. The Balaban J connectivity index is -0.0000000485. The molecule has 0 unspecified atom stereocenters. The summed E-state index contributed by atoms with van der Waals surface area (Å²) in [5.74, 6) is 0. The Morgan fingerprint density at radius 1 is 0.200 bits per heavy atom. The molecule has 4 aliphatic carbocycles. The van der Waals surface area contributed by atoms with Crippen molar-refractivity contribution in [3.05, 3.63) is 234 Å². The second-order valence-electron chi connectivity index (χ2n) is 21.0. The van der Waals surface area contributed by atoms with E-state index in [1.54, 1.807) is 0 Å². The zero-order valence-corrected chi connectivity index (χ0v) is 73.3. The van der Waals surface area contributed by atoms with Crippen LogP contribution in [-0.4, -0.2) is 0 Å². The fourth-order valence-electron chi connectivity index (χ4n) is 7.83. The zero-order chi connectivity index (χ0) is 78.3. The van der Waals surface area contributed by atoms with Gasteiger partial charge in [0.25, 0.3) is 0 Å². The van der Waals surface area contributed by atoms with Crippen molar-refractivity contribution < 1.29 is 0 Å². The monoisotopic (exact) mass is 1470 g/mol. The summed E-state index contributed by atoms with van der Waals surface area (Å²) in [5, 5.41) is 2.62. The molecule has 0 nitrogen and oxygen atoms in total. The minimum absolute atomic E-state index is 0. The Morgan fingerprint density at radius 2 is 0.362 bits per heavy atom. The highest BCUT2D eigenvalue weighted by atomic mass is 14.1. The van der Waals surface area contributed by atoms with Gasteiger partial charge >= 0.3 is 0 Å². The molecule has 0 aliphatic heterocycles. The molecule has 0 N–H and O–H groups in total. The van der Waals surface area contributed by atoms with Crippen LogP contribution in [0.2, 0.25) is 0 Å². The van der Waals surface area contributed by atoms with E-state index in [4.69, 9.17) is 0 Å². The molecule has 105 heavy (non-hydrogen) atoms. The normalized spacial score (nSPS) is 9.71. The first-order valence-corrected chi connectivity index (χ1v) is 42.1. The molecular formula is C105H204. The highest BCUT2D eigenvalue weighted by Gasteiger charge is 2.01. The Morgan fingerprint density at radius 3 is 0.533 bits per heavy atom. The van der Waals surface area contributed by atoms with Crippen LogP contribution in [0.4, 0.5) is 0 Å². The van der Waals surface area contributed by atoms with E-state index in [1.807, 2.05) is 137 Å². The SMILES string of the molecule is C.C.C.C.C.C.C1=Cc2ccccc2C1.C1CCCC1.C1CCCC1.C1CCCC1.CC.CC.CC.CC.CC.CC.CC.CC.CC.CCC.CCC.CCC.CCC.CCC.CCC.CCc1ccccc1.CCc1ccccc1.c1ccc(Cc2ccccc2)cc1.c1ccc2ccccc2c1. The largest absolute Gasteiger partial charge is 0.0795 e. The summed E-state index contributed by atoms with van der Waals surface area (Å²) < 4.78 is 0. The lowest BCUT2D eigenvalue weighted by molar-refractivity contribution is 0.886. The fourth-order valence-corrected chi connectivity index (χ4v) is 7.83. The van der Waals surface area contributed by atoms with Crippen molar-refractivity contribution in [1.82, 2.24) is 0 Å². The number of aryl methyl sites for hydroxylation is 2. The van der Waals surface area contributed by atoms with E-state index in [0.29, 0.717) is 0 Å². The topological polar surface area (TPSA) is 0 Å². The average molecular weight is 1470 g/mol. The van der Waals surface area contributed by atoms with Gasteiger partial charge in [-0.1, -0.05) is 607 Å². The maximum absolute atomic E-state index is 2.20. The van der Waals surface area contributed by atoms with E-state index in [-0.39, 0.29) is 44.6 Å². The lowest BCUT2D eigenvalue weighted by Gasteiger charge is -2.00. The van der Waals surface area contributed by atoms with Crippen molar-refractivity contribution in [2.45, 2.75) is 427 Å². The third kappa shape index (κ3) is 128. The van der Waals surface area contributed by atoms with Gasteiger partial charge in [-0.3, -0.25) is 0 Å². The number of fused-ring (bicyclic) bond motifs is 2. The molecule has 3 fully saturated rings. The fraction of sp³-hybridized carbons (Fsp3) is 0.600. The quantitative estimate of drug-likeness (QED) is 0.165. The molecule has 0 spiro atoms. The van der Waals surface area contributed by atoms with Gasteiger partial charge in [0.05, 0.1) is 0 Å². The molecule has 0 atom stereocenters. The minimum Gasteiger partial charge on any atom is -0.0795 e. The van der Waals surface area contributed by atoms with Crippen LogP contribution in [0, 0.1) is 0 Å². The summed E-state index contributed by atoms with van der Waals surface area (Å²) >= 11 is 0. The number of benzene rings is 7. The first kappa shape index (κ1) is 145. The summed E-state index contributed by atoms with van der Waals surface area (Å²) in [7, 11) is 0. The molecule has 4 aliphatic rings. The molecule has 0 heterocycles. The minimum atomic E-state index is 0. The molecule has 3 saturated carbocycles. The first-order chi connectivity index (χ1) is 48.7. The van der Waals surface area contributed by atoms with Gasteiger partial charge in [-0.25, -0.2) is 0 Å². The van der Waals surface area contributed by atoms with Crippen molar-refractivity contribution >= 4 is 16.8 Å². The third-order valence-electron chi connectivity index (χ3n) is 11.7. The van der Waals surface area contributed by atoms with Crippen molar-refractivity contribution in [2.24, 2.45) is 0 Å². The maximum atomic E-state index is 2.20. The molecule has 624 valence electrons. The lowest BCUT2D eigenvalue weighted by atomic mass is 10.1. The van der Waals surface area contributed by atoms with Crippen LogP contribution in [0.25, 0.3) is 16.8 Å². The predicted octanol–water partition coefficient (Wildman–Crippen LogP) is 40.3. The van der Waals surface area contributed by atoms with Crippen LogP contribution in [0.15, 0.2) is 200 Å². The molecule has 0 bridgehead atoms. The van der Waals surface area contributed by atoms with Crippen LogP contribution in [0.5, 0.6) is 0 Å². The maximum Gasteiger partial charge on any atom is -0.00258 e. The van der Waals surface area contributed by atoms with E-state index in [1.165, 1.54) is 179 Å². The Kier molecular flexibility index (Phi) is 216. The molecule has 11 rings (SSSR count). The Labute approximate surface area is 673 Å². The summed E-state index contributed by atoms with van der Waals surface area (Å²) in [6, 6.07) is 67.2. The van der Waals surface area contributed by atoms with Gasteiger partial charge in [-0.05, 0) is 69.8 Å². The molecule has 0 radical (unpaired) electrons. The second kappa shape index (κ2) is 156. The second-order valence-corrected chi connectivity index (χ2v) is 21.0. The van der Waals surface area contributed by atoms with E-state index < -0.39 is 0 Å². The molecule has 0 amide bonds. The van der Waals surface area contributed by atoms with Crippen LogP contribution < -0.4 is 0 Å². The van der Waals surface area contributed by atoms with Crippen LogP contribution in [0.1, 0.15) is 434 Å². The van der Waals surface area contributed by atoms with Crippen LogP contribution in [-0.2, 0) is 25.7 Å². The van der Waals surface area contributed by atoms with E-state index in [2.05, 4.69) is 291 Å².